The summed E-state index contributed by atoms with van der Waals surface area (Å²) in [6, 6.07) is 0. The Morgan fingerprint density at radius 3 is 1.57 bits per heavy atom. The maximum Gasteiger partial charge on any atom is 0.122 e. The van der Waals surface area contributed by atoms with E-state index in [1.54, 1.807) is 0 Å². The van der Waals surface area contributed by atoms with Gasteiger partial charge < -0.3 is 0 Å². The molecule has 0 spiro atoms. The molecule has 0 aliphatic carbocycles. The van der Waals surface area contributed by atoms with E-state index in [-0.39, 0.29) is 5.66 Å². The molecule has 0 aliphatic rings. The second-order valence-electron chi connectivity index (χ2n) is 1.60. The lowest BCUT2D eigenvalue weighted by molar-refractivity contribution is 1.11. The monoisotopic (exact) mass is 176 g/mol. The first-order valence-corrected chi connectivity index (χ1v) is 6.62. The highest BCUT2D eigenvalue weighted by Crippen LogP contribution is 2.60. The summed E-state index contributed by atoms with van der Waals surface area (Å²) in [7, 11) is 0. The first kappa shape index (κ1) is 8.23. The molecule has 44 valence electrons. The predicted octanol–water partition coefficient (Wildman–Crippen LogP) is 3.18. The third-order valence-electron chi connectivity index (χ3n) is 0.601. The van der Waals surface area contributed by atoms with E-state index in [4.69, 9.17) is 34.3 Å². The van der Waals surface area contributed by atoms with Crippen LogP contribution in [0.4, 0.5) is 0 Å². The van der Waals surface area contributed by atoms with E-state index in [0.717, 1.165) is 0 Å². The molecule has 0 bridgehead atoms. The molecule has 0 nitrogen and oxygen atoms in total. The standard InChI is InChI=1S/C3H7Cl2PS/c1-3(2)6(4,5)7/h3H,1-2H3. The zero-order valence-electron chi connectivity index (χ0n) is 4.19. The highest BCUT2D eigenvalue weighted by atomic mass is 35.9. The third kappa shape index (κ3) is 3.78. The van der Waals surface area contributed by atoms with Crippen LogP contribution < -0.4 is 0 Å². The Morgan fingerprint density at radius 2 is 1.57 bits per heavy atom. The van der Waals surface area contributed by atoms with Gasteiger partial charge in [-0.05, 0) is 0 Å². The van der Waals surface area contributed by atoms with Crippen LogP contribution in [-0.4, -0.2) is 5.66 Å². The Kier molecular flexibility index (Phi) is 3.15. The van der Waals surface area contributed by atoms with E-state index in [0.29, 0.717) is 0 Å². The lowest BCUT2D eigenvalue weighted by atomic mass is 10.6. The second-order valence-corrected chi connectivity index (χ2v) is 10.3. The molecular formula is C3H7Cl2PS. The molecular weight excluding hydrogens is 170 g/mol. The Hall–Kier alpha value is 1.23. The van der Waals surface area contributed by atoms with Crippen LogP contribution in [-0.2, 0) is 11.8 Å². The van der Waals surface area contributed by atoms with Crippen molar-refractivity contribution in [3.63, 3.8) is 0 Å². The number of hydrogen-bond acceptors (Lipinski definition) is 1. The Bertz CT molecular complexity index is 95.1. The lowest BCUT2D eigenvalue weighted by Crippen LogP contribution is -1.83. The molecule has 7 heavy (non-hydrogen) atoms. The zero-order chi connectivity index (χ0) is 6.08. The van der Waals surface area contributed by atoms with E-state index in [2.05, 4.69) is 0 Å². The highest BCUT2D eigenvalue weighted by Gasteiger charge is 2.12. The first-order valence-electron chi connectivity index (χ1n) is 1.93. The Labute approximate surface area is 58.8 Å². The van der Waals surface area contributed by atoms with Crippen LogP contribution in [0.2, 0.25) is 0 Å². The first-order chi connectivity index (χ1) is 2.94. The van der Waals surface area contributed by atoms with Crippen molar-refractivity contribution in [2.24, 2.45) is 0 Å². The number of hydrogen-bond donors (Lipinski definition) is 0. The Balaban J connectivity index is 3.80. The third-order valence-corrected chi connectivity index (χ3v) is 5.41. The quantitative estimate of drug-likeness (QED) is 0.554. The van der Waals surface area contributed by atoms with Gasteiger partial charge in [-0.25, -0.2) is 0 Å². The molecule has 0 aliphatic heterocycles. The van der Waals surface area contributed by atoms with Crippen LogP contribution in [0.1, 0.15) is 13.8 Å². The maximum absolute atomic E-state index is 5.56. The summed E-state index contributed by atoms with van der Waals surface area (Å²) in [4.78, 5) is 0. The van der Waals surface area contributed by atoms with Gasteiger partial charge in [-0.1, -0.05) is 48.1 Å². The molecule has 0 amide bonds. The molecule has 0 atom stereocenters. The van der Waals surface area contributed by atoms with Crippen molar-refractivity contribution < 1.29 is 0 Å². The van der Waals surface area contributed by atoms with Crippen molar-refractivity contribution in [3.8, 4) is 0 Å². The fourth-order valence-electron chi connectivity index (χ4n) is 0. The van der Waals surface area contributed by atoms with Crippen LogP contribution >= 0.6 is 27.2 Å². The van der Waals surface area contributed by atoms with E-state index >= 15 is 0 Å². The molecule has 0 saturated carbocycles. The molecule has 0 aromatic carbocycles. The van der Waals surface area contributed by atoms with E-state index in [1.165, 1.54) is 0 Å². The summed E-state index contributed by atoms with van der Waals surface area (Å²) in [5.74, 6) is 0. The van der Waals surface area contributed by atoms with Gasteiger partial charge in [0.05, 0.1) is 0 Å². The molecule has 0 heterocycles. The maximum atomic E-state index is 5.56. The van der Waals surface area contributed by atoms with Gasteiger partial charge in [0.2, 0.25) is 0 Å². The molecule has 0 rings (SSSR count). The van der Waals surface area contributed by atoms with Crippen LogP contribution in [0.25, 0.3) is 0 Å². The molecule has 0 N–H and O–H groups in total. The summed E-state index contributed by atoms with van der Waals surface area (Å²) in [6.07, 6.45) is 0. The molecule has 0 aromatic heterocycles. The van der Waals surface area contributed by atoms with Crippen LogP contribution in [0.5, 0.6) is 0 Å². The molecule has 0 fully saturated rings. The van der Waals surface area contributed by atoms with E-state index in [1.807, 2.05) is 13.8 Å². The largest absolute Gasteiger partial charge is 0.122 e. The van der Waals surface area contributed by atoms with Crippen molar-refractivity contribution >= 4 is 39.0 Å². The van der Waals surface area contributed by atoms with Crippen molar-refractivity contribution in [1.82, 2.24) is 0 Å². The predicted molar refractivity (Wildman–Crippen MR) is 41.1 cm³/mol. The summed E-state index contributed by atoms with van der Waals surface area (Å²) in [5, 5.41) is 0. The fraction of sp³-hybridized carbons (Fsp3) is 1.00. The van der Waals surface area contributed by atoms with Crippen molar-refractivity contribution in [2.45, 2.75) is 19.5 Å². The summed E-state index contributed by atoms with van der Waals surface area (Å²) in [6.45, 7) is 3.86. The van der Waals surface area contributed by atoms with Crippen molar-refractivity contribution in [3.05, 3.63) is 0 Å². The SMILES string of the molecule is CC(C)P(=S)(Cl)Cl. The molecule has 0 unspecified atom stereocenters. The van der Waals surface area contributed by atoms with Crippen LogP contribution in [0.3, 0.4) is 0 Å². The molecule has 0 radical (unpaired) electrons. The second kappa shape index (κ2) is 2.68. The fourth-order valence-corrected chi connectivity index (χ4v) is 0. The van der Waals surface area contributed by atoms with Gasteiger partial charge in [0.25, 0.3) is 0 Å². The normalized spacial score (nSPS) is 12.7. The van der Waals surface area contributed by atoms with Gasteiger partial charge in [-0.2, -0.15) is 0 Å². The number of halogens is 2. The van der Waals surface area contributed by atoms with Gasteiger partial charge in [0, 0.05) is 5.66 Å². The van der Waals surface area contributed by atoms with Gasteiger partial charge in [-0.3, -0.25) is 0 Å². The van der Waals surface area contributed by atoms with E-state index < -0.39 is 4.74 Å². The highest BCUT2D eigenvalue weighted by molar-refractivity contribution is 8.39. The molecule has 0 aromatic rings. The smallest absolute Gasteiger partial charge is 0.0681 e. The Morgan fingerprint density at radius 1 is 1.43 bits per heavy atom. The summed E-state index contributed by atoms with van der Waals surface area (Å²) >= 11 is 15.9. The topological polar surface area (TPSA) is 0 Å². The average Bonchev–Trinajstić information content (AvgIpc) is 1.31. The van der Waals surface area contributed by atoms with Crippen molar-refractivity contribution in [2.75, 3.05) is 0 Å². The lowest BCUT2D eigenvalue weighted by Gasteiger charge is -2.06. The minimum Gasteiger partial charge on any atom is -0.0681 e. The minimum atomic E-state index is -1.96. The number of rotatable bonds is 1. The average molecular weight is 177 g/mol. The van der Waals surface area contributed by atoms with Crippen LogP contribution in [0.15, 0.2) is 0 Å². The summed E-state index contributed by atoms with van der Waals surface area (Å²) in [5.41, 5.74) is 0.255. The summed E-state index contributed by atoms with van der Waals surface area (Å²) < 4.78 is -1.96. The van der Waals surface area contributed by atoms with Gasteiger partial charge >= 0.3 is 0 Å². The minimum absolute atomic E-state index is 0.255. The van der Waals surface area contributed by atoms with Crippen LogP contribution in [0, 0.1) is 0 Å². The van der Waals surface area contributed by atoms with Crippen molar-refractivity contribution in [1.29, 1.82) is 0 Å². The van der Waals surface area contributed by atoms with Gasteiger partial charge in [0.1, 0.15) is 4.74 Å². The molecule has 4 heteroatoms. The van der Waals surface area contributed by atoms with E-state index in [9.17, 15) is 0 Å². The van der Waals surface area contributed by atoms with Gasteiger partial charge in [-0.15, -0.1) is 0 Å². The van der Waals surface area contributed by atoms with Gasteiger partial charge in [0.15, 0.2) is 0 Å². The zero-order valence-corrected chi connectivity index (χ0v) is 7.41. The molecule has 0 saturated heterocycles.